The summed E-state index contributed by atoms with van der Waals surface area (Å²) in [7, 11) is 0. The number of carboxylic acid groups (broad SMARTS) is 1. The second-order valence-electron chi connectivity index (χ2n) is 10.4. The number of benzene rings is 2. The molecule has 2 bridgehead atoms. The standard InChI is InChI=1S/C27H29ClF3NO4/c28-24-22-10-4-16(25(33)32-19-2-1-3-20(32)14-17(13-19)26(34)35)12-15(22)5-11-23(24)36-21-8-6-18(7-9-21)27(29,30)31/h4-5,10-12,17-21H,1-3,6-9,13-14H2,(H,34,35)/t17?,18-,19?,20?,21+. The van der Waals surface area contributed by atoms with Crippen LogP contribution in [-0.2, 0) is 4.79 Å². The monoisotopic (exact) mass is 523 g/mol. The van der Waals surface area contributed by atoms with Crippen LogP contribution in [0.4, 0.5) is 13.2 Å². The van der Waals surface area contributed by atoms with Gasteiger partial charge in [-0.1, -0.05) is 23.7 Å². The molecule has 2 unspecified atom stereocenters. The van der Waals surface area contributed by atoms with Crippen molar-refractivity contribution in [1.82, 2.24) is 4.90 Å². The largest absolute Gasteiger partial charge is 0.489 e. The number of aliphatic carboxylic acids is 1. The molecule has 3 aliphatic rings. The van der Waals surface area contributed by atoms with Crippen molar-refractivity contribution in [2.24, 2.45) is 11.8 Å². The van der Waals surface area contributed by atoms with Crippen LogP contribution in [0.2, 0.25) is 5.02 Å². The van der Waals surface area contributed by atoms with Crippen molar-refractivity contribution in [2.45, 2.75) is 82.2 Å². The lowest BCUT2D eigenvalue weighted by Crippen LogP contribution is -2.55. The zero-order chi connectivity index (χ0) is 25.6. The predicted molar refractivity (Wildman–Crippen MR) is 129 cm³/mol. The first-order chi connectivity index (χ1) is 17.1. The molecule has 3 fully saturated rings. The van der Waals surface area contributed by atoms with E-state index in [0.717, 1.165) is 24.6 Å². The van der Waals surface area contributed by atoms with Crippen LogP contribution < -0.4 is 4.74 Å². The van der Waals surface area contributed by atoms with Crippen molar-refractivity contribution in [1.29, 1.82) is 0 Å². The Morgan fingerprint density at radius 3 is 2.25 bits per heavy atom. The van der Waals surface area contributed by atoms with Gasteiger partial charge in [-0.05, 0) is 81.4 Å². The van der Waals surface area contributed by atoms with Gasteiger partial charge in [-0.25, -0.2) is 0 Å². The molecule has 0 spiro atoms. The van der Waals surface area contributed by atoms with Crippen molar-refractivity contribution in [2.75, 3.05) is 0 Å². The van der Waals surface area contributed by atoms with E-state index in [2.05, 4.69) is 0 Å². The van der Waals surface area contributed by atoms with Gasteiger partial charge in [-0.2, -0.15) is 13.2 Å². The van der Waals surface area contributed by atoms with Gasteiger partial charge in [-0.3, -0.25) is 9.59 Å². The Labute approximate surface area is 212 Å². The van der Waals surface area contributed by atoms with Crippen LogP contribution in [0, 0.1) is 11.8 Å². The van der Waals surface area contributed by atoms with Gasteiger partial charge in [-0.15, -0.1) is 0 Å². The Morgan fingerprint density at radius 1 is 0.972 bits per heavy atom. The molecule has 2 aromatic rings. The molecular weight excluding hydrogens is 495 g/mol. The predicted octanol–water partition coefficient (Wildman–Crippen LogP) is 6.85. The summed E-state index contributed by atoms with van der Waals surface area (Å²) in [5.74, 6) is -2.11. The smallest absolute Gasteiger partial charge is 0.391 e. The molecule has 1 aliphatic carbocycles. The Bertz CT molecular complexity index is 1150. The number of rotatable bonds is 4. The molecule has 2 aliphatic heterocycles. The Hall–Kier alpha value is -2.48. The van der Waals surface area contributed by atoms with E-state index in [9.17, 15) is 27.9 Å². The lowest BCUT2D eigenvalue weighted by molar-refractivity contribution is -0.185. The van der Waals surface area contributed by atoms with Crippen LogP contribution in [-0.4, -0.2) is 46.2 Å². The van der Waals surface area contributed by atoms with Crippen molar-refractivity contribution in [3.8, 4) is 5.75 Å². The van der Waals surface area contributed by atoms with E-state index in [1.54, 1.807) is 24.3 Å². The van der Waals surface area contributed by atoms with Crippen molar-refractivity contribution >= 4 is 34.2 Å². The third kappa shape index (κ3) is 4.89. The first-order valence-corrected chi connectivity index (χ1v) is 13.0. The van der Waals surface area contributed by atoms with Gasteiger partial charge < -0.3 is 14.7 Å². The summed E-state index contributed by atoms with van der Waals surface area (Å²) in [6.07, 6.45) is -0.107. The van der Waals surface area contributed by atoms with Gasteiger partial charge in [0, 0.05) is 23.0 Å². The van der Waals surface area contributed by atoms with E-state index in [1.807, 2.05) is 11.0 Å². The quantitative estimate of drug-likeness (QED) is 0.476. The average molecular weight is 524 g/mol. The maximum Gasteiger partial charge on any atom is 0.391 e. The fraction of sp³-hybridized carbons (Fsp3) is 0.556. The van der Waals surface area contributed by atoms with Crippen LogP contribution in [0.5, 0.6) is 5.75 Å². The molecule has 0 radical (unpaired) electrons. The fourth-order valence-electron chi connectivity index (χ4n) is 6.25. The molecule has 9 heteroatoms. The number of nitrogens with zero attached hydrogens (tertiary/aromatic N) is 1. The molecule has 0 aromatic heterocycles. The highest BCUT2D eigenvalue weighted by molar-refractivity contribution is 6.37. The van der Waals surface area contributed by atoms with E-state index >= 15 is 0 Å². The molecule has 1 N–H and O–H groups in total. The lowest BCUT2D eigenvalue weighted by atomic mass is 9.78. The molecular formula is C27H29ClF3NO4. The number of ether oxygens (including phenoxy) is 1. The van der Waals surface area contributed by atoms with Crippen molar-refractivity contribution in [3.63, 3.8) is 0 Å². The Kier molecular flexibility index (Phi) is 6.83. The highest BCUT2D eigenvalue weighted by Gasteiger charge is 2.43. The first kappa shape index (κ1) is 25.2. The van der Waals surface area contributed by atoms with Gasteiger partial charge in [0.2, 0.25) is 0 Å². The van der Waals surface area contributed by atoms with Gasteiger partial charge >= 0.3 is 12.1 Å². The van der Waals surface area contributed by atoms with Crippen molar-refractivity contribution in [3.05, 3.63) is 40.9 Å². The lowest BCUT2D eigenvalue weighted by Gasteiger charge is -2.48. The zero-order valence-electron chi connectivity index (χ0n) is 19.8. The molecule has 36 heavy (non-hydrogen) atoms. The Balaban J connectivity index is 1.31. The van der Waals surface area contributed by atoms with E-state index in [4.69, 9.17) is 16.3 Å². The van der Waals surface area contributed by atoms with E-state index < -0.39 is 24.0 Å². The summed E-state index contributed by atoms with van der Waals surface area (Å²) in [4.78, 5) is 26.9. The van der Waals surface area contributed by atoms with Gasteiger partial charge in [0.05, 0.1) is 23.0 Å². The number of carbonyl (C=O) groups is 2. The summed E-state index contributed by atoms with van der Waals surface area (Å²) < 4.78 is 44.8. The molecule has 5 nitrogen and oxygen atoms in total. The zero-order valence-corrected chi connectivity index (χ0v) is 20.5. The SMILES string of the molecule is O=C(O)C1CC2CCCC(C1)N2C(=O)c1ccc2c(Cl)c(O[C@H]3CC[C@@H](C(F)(F)F)CC3)ccc2c1. The second-order valence-corrected chi connectivity index (χ2v) is 10.8. The molecule has 1 amide bonds. The van der Waals surface area contributed by atoms with Crippen LogP contribution in [0.3, 0.4) is 0 Å². The number of carbonyl (C=O) groups excluding carboxylic acids is 1. The van der Waals surface area contributed by atoms with Crippen LogP contribution in [0.15, 0.2) is 30.3 Å². The number of halogens is 4. The third-order valence-corrected chi connectivity index (χ3v) is 8.54. The van der Waals surface area contributed by atoms with Crippen molar-refractivity contribution < 1.29 is 32.6 Å². The van der Waals surface area contributed by atoms with Gasteiger partial charge in [0.25, 0.3) is 5.91 Å². The number of piperidine rings is 2. The van der Waals surface area contributed by atoms with Crippen LogP contribution >= 0.6 is 11.6 Å². The van der Waals surface area contributed by atoms with Crippen LogP contribution in [0.1, 0.15) is 68.1 Å². The van der Waals surface area contributed by atoms with Gasteiger partial charge in [0.1, 0.15) is 5.75 Å². The molecule has 2 saturated heterocycles. The third-order valence-electron chi connectivity index (χ3n) is 8.15. The molecule has 5 rings (SSSR count). The number of fused-ring (bicyclic) bond motifs is 3. The molecule has 2 heterocycles. The Morgan fingerprint density at radius 2 is 1.64 bits per heavy atom. The average Bonchev–Trinajstić information content (AvgIpc) is 2.84. The normalized spacial score (nSPS) is 28.7. The number of hydrogen-bond donors (Lipinski definition) is 1. The summed E-state index contributed by atoms with van der Waals surface area (Å²) in [6.45, 7) is 0. The first-order valence-electron chi connectivity index (χ1n) is 12.6. The summed E-state index contributed by atoms with van der Waals surface area (Å²) in [5, 5.41) is 11.3. The highest BCUT2D eigenvalue weighted by Crippen LogP contribution is 2.41. The number of amides is 1. The molecule has 1 saturated carbocycles. The summed E-state index contributed by atoms with van der Waals surface area (Å²) in [6, 6.07) is 8.70. The number of carboxylic acids is 1. The highest BCUT2D eigenvalue weighted by atomic mass is 35.5. The van der Waals surface area contributed by atoms with Gasteiger partial charge in [0.15, 0.2) is 0 Å². The summed E-state index contributed by atoms with van der Waals surface area (Å²) >= 11 is 6.61. The summed E-state index contributed by atoms with van der Waals surface area (Å²) in [5.41, 5.74) is 0.531. The minimum absolute atomic E-state index is 0.0521. The topological polar surface area (TPSA) is 66.8 Å². The van der Waals surface area contributed by atoms with E-state index in [-0.39, 0.29) is 36.9 Å². The minimum Gasteiger partial charge on any atom is -0.489 e. The fourth-order valence-corrected chi connectivity index (χ4v) is 6.53. The van der Waals surface area contributed by atoms with E-state index in [0.29, 0.717) is 47.4 Å². The number of hydrogen-bond acceptors (Lipinski definition) is 3. The second kappa shape index (κ2) is 9.77. The minimum atomic E-state index is -4.16. The molecule has 2 aromatic carbocycles. The number of alkyl halides is 3. The molecule has 2 atom stereocenters. The molecule has 194 valence electrons. The van der Waals surface area contributed by atoms with E-state index in [1.165, 1.54) is 0 Å². The maximum absolute atomic E-state index is 13.5. The van der Waals surface area contributed by atoms with Crippen LogP contribution in [0.25, 0.3) is 10.8 Å². The maximum atomic E-state index is 13.5.